The van der Waals surface area contributed by atoms with E-state index in [9.17, 15) is 27.5 Å². The van der Waals surface area contributed by atoms with Crippen LogP contribution in [0.3, 0.4) is 0 Å². The van der Waals surface area contributed by atoms with Gasteiger partial charge >= 0.3 is 6.18 Å². The third-order valence-corrected chi connectivity index (χ3v) is 7.52. The summed E-state index contributed by atoms with van der Waals surface area (Å²) >= 11 is 0. The minimum Gasteiger partial charge on any atom is -0.497 e. The maximum atomic E-state index is 14.3. The lowest BCUT2D eigenvalue weighted by atomic mass is 10.0. The van der Waals surface area contributed by atoms with Gasteiger partial charge in [0.2, 0.25) is 0 Å². The van der Waals surface area contributed by atoms with Gasteiger partial charge in [0, 0.05) is 48.9 Å². The highest BCUT2D eigenvalue weighted by Gasteiger charge is 2.39. The zero-order chi connectivity index (χ0) is 30.2. The number of carbonyl (C=O) groups excluding carboxylic acids is 1. The molecule has 0 aliphatic carbocycles. The van der Waals surface area contributed by atoms with E-state index < -0.39 is 29.6 Å². The van der Waals surface area contributed by atoms with Gasteiger partial charge in [0.05, 0.1) is 38.8 Å². The minimum absolute atomic E-state index is 0.0531. The van der Waals surface area contributed by atoms with E-state index in [1.165, 1.54) is 38.2 Å². The smallest absolute Gasteiger partial charge is 0.433 e. The summed E-state index contributed by atoms with van der Waals surface area (Å²) in [5, 5.41) is 14.1. The fraction of sp³-hybridized carbons (Fsp3) is 0.345. The number of benzene rings is 2. The Balaban J connectivity index is 1.44. The summed E-state index contributed by atoms with van der Waals surface area (Å²) in [6.07, 6.45) is -3.64. The Morgan fingerprint density at radius 1 is 1.05 bits per heavy atom. The van der Waals surface area contributed by atoms with Crippen LogP contribution in [0, 0.1) is 12.7 Å². The number of methoxy groups -OCH3 is 2. The van der Waals surface area contributed by atoms with Crippen molar-refractivity contribution in [2.24, 2.45) is 0 Å². The van der Waals surface area contributed by atoms with Gasteiger partial charge in [0.25, 0.3) is 5.91 Å². The molecule has 42 heavy (non-hydrogen) atoms. The topological polar surface area (TPSA) is 92.4 Å². The van der Waals surface area contributed by atoms with Crippen molar-refractivity contribution in [3.8, 4) is 22.8 Å². The van der Waals surface area contributed by atoms with Crippen LogP contribution in [0.2, 0.25) is 0 Å². The molecular weight excluding hydrogens is 558 g/mol. The van der Waals surface area contributed by atoms with Crippen LogP contribution in [0.1, 0.15) is 33.2 Å². The molecule has 222 valence electrons. The molecule has 2 aromatic carbocycles. The second kappa shape index (κ2) is 11.6. The molecule has 0 spiro atoms. The SMILES string of the molecule is COc1ccc(-c2nc3c(C(=O)N4CCN([C@@H](CO)c5ccc(F)cc5OC)CC4)cnn3c(C(F)(F)F)c2C)cc1. The Morgan fingerprint density at radius 2 is 1.74 bits per heavy atom. The average Bonchev–Trinajstić information content (AvgIpc) is 3.40. The Morgan fingerprint density at radius 3 is 2.33 bits per heavy atom. The third kappa shape index (κ3) is 5.37. The number of nitrogens with zero attached hydrogens (tertiary/aromatic N) is 5. The molecule has 2 aromatic heterocycles. The molecule has 1 amide bonds. The third-order valence-electron chi connectivity index (χ3n) is 7.52. The van der Waals surface area contributed by atoms with Gasteiger partial charge in [-0.3, -0.25) is 9.69 Å². The maximum Gasteiger partial charge on any atom is 0.433 e. The number of amides is 1. The second-order valence-electron chi connectivity index (χ2n) is 9.87. The molecule has 0 saturated carbocycles. The van der Waals surface area contributed by atoms with Crippen LogP contribution in [0.5, 0.6) is 11.5 Å². The van der Waals surface area contributed by atoms with E-state index in [4.69, 9.17) is 9.47 Å². The highest BCUT2D eigenvalue weighted by Crippen LogP contribution is 2.37. The number of hydrogen-bond acceptors (Lipinski definition) is 7. The number of fused-ring (bicyclic) bond motifs is 1. The molecule has 0 unspecified atom stereocenters. The number of piperazine rings is 1. The first-order chi connectivity index (χ1) is 20.1. The standard InChI is InChI=1S/C29H29F4N5O4/c1-17-25(18-4-7-20(41-2)8-5-18)35-27-22(15-34-38(27)26(17)29(31,32)33)28(40)37-12-10-36(11-13-37)23(16-39)21-9-6-19(30)14-24(21)42-3/h4-9,14-15,23,39H,10-13,16H2,1-3H3/t23-/m0/s1. The molecule has 1 aliphatic heterocycles. The van der Waals surface area contributed by atoms with E-state index >= 15 is 0 Å². The fourth-order valence-electron chi connectivity index (χ4n) is 5.37. The number of alkyl halides is 3. The van der Waals surface area contributed by atoms with Crippen LogP contribution in [-0.4, -0.2) is 82.4 Å². The van der Waals surface area contributed by atoms with Gasteiger partial charge in [-0.25, -0.2) is 13.9 Å². The molecule has 0 bridgehead atoms. The molecule has 5 rings (SSSR count). The van der Waals surface area contributed by atoms with Crippen LogP contribution >= 0.6 is 0 Å². The van der Waals surface area contributed by atoms with E-state index in [1.807, 2.05) is 4.90 Å². The lowest BCUT2D eigenvalue weighted by molar-refractivity contribution is -0.143. The van der Waals surface area contributed by atoms with E-state index in [0.29, 0.717) is 40.2 Å². The highest BCUT2D eigenvalue weighted by atomic mass is 19.4. The summed E-state index contributed by atoms with van der Waals surface area (Å²) in [7, 11) is 2.90. The van der Waals surface area contributed by atoms with Gasteiger partial charge in [-0.1, -0.05) is 6.07 Å². The quantitative estimate of drug-likeness (QED) is 0.321. The first-order valence-electron chi connectivity index (χ1n) is 13.1. The predicted octanol–water partition coefficient (Wildman–Crippen LogP) is 4.37. The van der Waals surface area contributed by atoms with Crippen molar-refractivity contribution in [1.82, 2.24) is 24.4 Å². The zero-order valence-electron chi connectivity index (χ0n) is 23.2. The Kier molecular flexibility index (Phi) is 8.06. The van der Waals surface area contributed by atoms with Crippen LogP contribution in [-0.2, 0) is 6.18 Å². The van der Waals surface area contributed by atoms with Crippen LogP contribution in [0.25, 0.3) is 16.9 Å². The monoisotopic (exact) mass is 587 g/mol. The minimum atomic E-state index is -4.76. The molecule has 0 radical (unpaired) electrons. The van der Waals surface area contributed by atoms with Crippen molar-refractivity contribution in [2.75, 3.05) is 47.0 Å². The summed E-state index contributed by atoms with van der Waals surface area (Å²) in [6.45, 7) is 2.24. The number of halogens is 4. The van der Waals surface area contributed by atoms with Gasteiger partial charge in [0.1, 0.15) is 22.9 Å². The van der Waals surface area contributed by atoms with E-state index in [1.54, 1.807) is 30.3 Å². The Bertz CT molecular complexity index is 1600. The summed E-state index contributed by atoms with van der Waals surface area (Å²) in [6, 6.07) is 10.0. The normalized spacial score (nSPS) is 15.2. The first-order valence-corrected chi connectivity index (χ1v) is 13.1. The number of aliphatic hydroxyl groups excluding tert-OH is 1. The van der Waals surface area contributed by atoms with Gasteiger partial charge < -0.3 is 19.5 Å². The predicted molar refractivity (Wildman–Crippen MR) is 145 cm³/mol. The molecule has 4 aromatic rings. The lowest BCUT2D eigenvalue weighted by Gasteiger charge is -2.39. The molecule has 1 saturated heterocycles. The summed E-state index contributed by atoms with van der Waals surface area (Å²) < 4.78 is 67.6. The second-order valence-corrected chi connectivity index (χ2v) is 9.87. The molecule has 9 nitrogen and oxygen atoms in total. The van der Waals surface area contributed by atoms with E-state index in [2.05, 4.69) is 10.1 Å². The van der Waals surface area contributed by atoms with Crippen molar-refractivity contribution >= 4 is 11.6 Å². The zero-order valence-corrected chi connectivity index (χ0v) is 23.2. The van der Waals surface area contributed by atoms with Gasteiger partial charge in [-0.05, 0) is 37.3 Å². The molecule has 1 atom stereocenters. The molecule has 13 heteroatoms. The lowest BCUT2D eigenvalue weighted by Crippen LogP contribution is -2.50. The average molecular weight is 588 g/mol. The number of rotatable bonds is 7. The Hall–Kier alpha value is -4.23. The van der Waals surface area contributed by atoms with Crippen molar-refractivity contribution in [3.63, 3.8) is 0 Å². The number of carbonyl (C=O) groups is 1. The van der Waals surface area contributed by atoms with Crippen LogP contribution < -0.4 is 9.47 Å². The van der Waals surface area contributed by atoms with E-state index in [0.717, 1.165) is 6.20 Å². The van der Waals surface area contributed by atoms with Crippen molar-refractivity contribution < 1.29 is 36.9 Å². The molecule has 3 heterocycles. The van der Waals surface area contributed by atoms with Crippen molar-refractivity contribution in [1.29, 1.82) is 0 Å². The van der Waals surface area contributed by atoms with Crippen LogP contribution in [0.4, 0.5) is 17.6 Å². The van der Waals surface area contributed by atoms with Crippen molar-refractivity contribution in [3.05, 3.63) is 76.9 Å². The Labute approximate surface area is 238 Å². The van der Waals surface area contributed by atoms with E-state index in [-0.39, 0.29) is 42.2 Å². The highest BCUT2D eigenvalue weighted by molar-refractivity contribution is 6.00. The first kappa shape index (κ1) is 29.3. The van der Waals surface area contributed by atoms with Gasteiger partial charge in [-0.2, -0.15) is 18.3 Å². The number of ether oxygens (including phenoxy) is 2. The molecule has 1 aliphatic rings. The van der Waals surface area contributed by atoms with Gasteiger partial charge in [0.15, 0.2) is 11.3 Å². The molecule has 1 N–H and O–H groups in total. The number of aliphatic hydroxyl groups is 1. The summed E-state index contributed by atoms with van der Waals surface area (Å²) in [4.78, 5) is 21.6. The fourth-order valence-corrected chi connectivity index (χ4v) is 5.37. The van der Waals surface area contributed by atoms with Crippen LogP contribution in [0.15, 0.2) is 48.7 Å². The maximum absolute atomic E-state index is 14.3. The number of hydrogen-bond donors (Lipinski definition) is 1. The summed E-state index contributed by atoms with van der Waals surface area (Å²) in [5.74, 6) is -0.138. The molecular formula is C29H29F4N5O4. The van der Waals surface area contributed by atoms with Gasteiger partial charge in [-0.15, -0.1) is 0 Å². The molecule has 1 fully saturated rings. The number of aromatic nitrogens is 3. The summed E-state index contributed by atoms with van der Waals surface area (Å²) in [5.41, 5.74) is -0.271. The van der Waals surface area contributed by atoms with Crippen molar-refractivity contribution in [2.45, 2.75) is 19.1 Å². The largest absolute Gasteiger partial charge is 0.497 e.